The van der Waals surface area contributed by atoms with E-state index in [9.17, 15) is 4.39 Å². The van der Waals surface area contributed by atoms with Crippen LogP contribution in [0, 0.1) is 5.82 Å². The standard InChI is InChI=1S/C17H13BrFNO/c18-10-12-5-8-17(15(19)9-12)21-11-14-7-6-13-3-1-2-4-16(13)20-14/h1-9H,10-11H2. The van der Waals surface area contributed by atoms with Gasteiger partial charge in [-0.15, -0.1) is 0 Å². The molecule has 1 aromatic heterocycles. The molecule has 0 radical (unpaired) electrons. The van der Waals surface area contributed by atoms with Crippen LogP contribution in [-0.2, 0) is 11.9 Å². The van der Waals surface area contributed by atoms with Crippen LogP contribution in [0.5, 0.6) is 5.75 Å². The van der Waals surface area contributed by atoms with Gasteiger partial charge in [-0.2, -0.15) is 0 Å². The van der Waals surface area contributed by atoms with Crippen LogP contribution in [0.1, 0.15) is 11.3 Å². The van der Waals surface area contributed by atoms with E-state index in [0.29, 0.717) is 5.33 Å². The van der Waals surface area contributed by atoms with E-state index in [2.05, 4.69) is 20.9 Å². The van der Waals surface area contributed by atoms with E-state index < -0.39 is 0 Å². The first-order valence-corrected chi connectivity index (χ1v) is 7.70. The molecule has 0 aliphatic carbocycles. The minimum Gasteiger partial charge on any atom is -0.484 e. The smallest absolute Gasteiger partial charge is 0.165 e. The highest BCUT2D eigenvalue weighted by Crippen LogP contribution is 2.21. The molecule has 0 atom stereocenters. The number of benzene rings is 2. The zero-order chi connectivity index (χ0) is 14.7. The maximum Gasteiger partial charge on any atom is 0.165 e. The molecule has 2 aromatic carbocycles. The molecule has 0 unspecified atom stereocenters. The number of rotatable bonds is 4. The highest BCUT2D eigenvalue weighted by Gasteiger charge is 2.06. The predicted octanol–water partition coefficient (Wildman–Crippen LogP) is 4.85. The number of nitrogens with zero attached hydrogens (tertiary/aromatic N) is 1. The van der Waals surface area contributed by atoms with Crippen LogP contribution in [-0.4, -0.2) is 4.98 Å². The van der Waals surface area contributed by atoms with E-state index >= 15 is 0 Å². The number of pyridine rings is 1. The van der Waals surface area contributed by atoms with Crippen molar-refractivity contribution in [3.63, 3.8) is 0 Å². The summed E-state index contributed by atoms with van der Waals surface area (Å²) >= 11 is 3.30. The van der Waals surface area contributed by atoms with Gasteiger partial charge in [0.25, 0.3) is 0 Å². The fourth-order valence-corrected chi connectivity index (χ4v) is 2.43. The second-order valence-electron chi connectivity index (χ2n) is 4.68. The lowest BCUT2D eigenvalue weighted by Crippen LogP contribution is -2.00. The summed E-state index contributed by atoms with van der Waals surface area (Å²) in [5.74, 6) is -0.109. The van der Waals surface area contributed by atoms with Crippen LogP contribution < -0.4 is 4.74 Å². The fourth-order valence-electron chi connectivity index (χ4n) is 2.08. The van der Waals surface area contributed by atoms with Crippen molar-refractivity contribution in [1.29, 1.82) is 0 Å². The van der Waals surface area contributed by atoms with Gasteiger partial charge in [-0.25, -0.2) is 9.37 Å². The van der Waals surface area contributed by atoms with Crippen LogP contribution in [0.25, 0.3) is 10.9 Å². The molecule has 4 heteroatoms. The van der Waals surface area contributed by atoms with E-state index in [1.807, 2.05) is 42.5 Å². The summed E-state index contributed by atoms with van der Waals surface area (Å²) in [5.41, 5.74) is 2.56. The number of halogens is 2. The average Bonchev–Trinajstić information content (AvgIpc) is 2.53. The maximum absolute atomic E-state index is 13.8. The quantitative estimate of drug-likeness (QED) is 0.630. The van der Waals surface area contributed by atoms with Crippen LogP contribution >= 0.6 is 15.9 Å². The van der Waals surface area contributed by atoms with Crippen molar-refractivity contribution >= 4 is 26.8 Å². The second-order valence-corrected chi connectivity index (χ2v) is 5.24. The van der Waals surface area contributed by atoms with Crippen LogP contribution in [0.2, 0.25) is 0 Å². The summed E-state index contributed by atoms with van der Waals surface area (Å²) < 4.78 is 19.3. The van der Waals surface area contributed by atoms with Crippen molar-refractivity contribution in [3.8, 4) is 5.75 Å². The van der Waals surface area contributed by atoms with Crippen molar-refractivity contribution < 1.29 is 9.13 Å². The molecular weight excluding hydrogens is 333 g/mol. The van der Waals surface area contributed by atoms with Crippen molar-refractivity contribution in [2.75, 3.05) is 0 Å². The lowest BCUT2D eigenvalue weighted by Gasteiger charge is -2.08. The summed E-state index contributed by atoms with van der Waals surface area (Å²) in [6.45, 7) is 0.245. The Balaban J connectivity index is 1.77. The molecule has 0 aliphatic heterocycles. The third-order valence-electron chi connectivity index (χ3n) is 3.18. The number of aromatic nitrogens is 1. The van der Waals surface area contributed by atoms with Gasteiger partial charge >= 0.3 is 0 Å². The highest BCUT2D eigenvalue weighted by molar-refractivity contribution is 9.08. The van der Waals surface area contributed by atoms with Gasteiger partial charge in [-0.1, -0.05) is 46.3 Å². The molecule has 21 heavy (non-hydrogen) atoms. The third-order valence-corrected chi connectivity index (χ3v) is 3.83. The molecule has 0 saturated heterocycles. The molecule has 2 nitrogen and oxygen atoms in total. The molecule has 106 valence electrons. The van der Waals surface area contributed by atoms with Gasteiger partial charge < -0.3 is 4.74 Å². The molecule has 0 bridgehead atoms. The van der Waals surface area contributed by atoms with Gasteiger partial charge in [0.1, 0.15) is 6.61 Å². The van der Waals surface area contributed by atoms with Gasteiger partial charge in [0.15, 0.2) is 11.6 Å². The van der Waals surface area contributed by atoms with Gasteiger partial charge in [0.2, 0.25) is 0 Å². The number of para-hydroxylation sites is 1. The van der Waals surface area contributed by atoms with E-state index in [0.717, 1.165) is 22.2 Å². The molecule has 0 N–H and O–H groups in total. The minimum atomic E-state index is -0.354. The Kier molecular flexibility index (Phi) is 4.15. The Bertz CT molecular complexity index is 776. The molecule has 0 fully saturated rings. The Hall–Kier alpha value is -1.94. The second kappa shape index (κ2) is 6.22. The van der Waals surface area contributed by atoms with Crippen molar-refractivity contribution in [2.24, 2.45) is 0 Å². The highest BCUT2D eigenvalue weighted by atomic mass is 79.9. The normalized spacial score (nSPS) is 10.8. The average molecular weight is 346 g/mol. The molecule has 0 spiro atoms. The van der Waals surface area contributed by atoms with Gasteiger partial charge in [-0.3, -0.25) is 0 Å². The zero-order valence-corrected chi connectivity index (χ0v) is 12.8. The summed E-state index contributed by atoms with van der Waals surface area (Å²) in [4.78, 5) is 4.50. The maximum atomic E-state index is 13.8. The number of alkyl halides is 1. The minimum absolute atomic E-state index is 0.245. The zero-order valence-electron chi connectivity index (χ0n) is 11.2. The van der Waals surface area contributed by atoms with Crippen LogP contribution in [0.15, 0.2) is 54.6 Å². The number of ether oxygens (including phenoxy) is 1. The van der Waals surface area contributed by atoms with Crippen LogP contribution in [0.4, 0.5) is 4.39 Å². The lowest BCUT2D eigenvalue weighted by molar-refractivity contribution is 0.286. The summed E-state index contributed by atoms with van der Waals surface area (Å²) in [5, 5.41) is 1.70. The third kappa shape index (κ3) is 3.22. The molecule has 3 rings (SSSR count). The molecule has 0 aliphatic rings. The molecule has 1 heterocycles. The van der Waals surface area contributed by atoms with Crippen molar-refractivity contribution in [1.82, 2.24) is 4.98 Å². The number of fused-ring (bicyclic) bond motifs is 1. The number of hydrogen-bond donors (Lipinski definition) is 0. The van der Waals surface area contributed by atoms with E-state index in [1.165, 1.54) is 6.07 Å². The number of hydrogen-bond acceptors (Lipinski definition) is 2. The van der Waals surface area contributed by atoms with Crippen LogP contribution in [0.3, 0.4) is 0 Å². The Labute approximate surface area is 130 Å². The SMILES string of the molecule is Fc1cc(CBr)ccc1OCc1ccc2ccccc2n1. The Morgan fingerprint density at radius 1 is 1.05 bits per heavy atom. The predicted molar refractivity (Wildman–Crippen MR) is 85.1 cm³/mol. The molecule has 0 amide bonds. The first-order valence-electron chi connectivity index (χ1n) is 6.58. The largest absolute Gasteiger partial charge is 0.484 e. The summed E-state index contributed by atoms with van der Waals surface area (Å²) in [6, 6.07) is 16.7. The Morgan fingerprint density at radius 2 is 1.90 bits per heavy atom. The van der Waals surface area contributed by atoms with Crippen molar-refractivity contribution in [2.45, 2.75) is 11.9 Å². The van der Waals surface area contributed by atoms with E-state index in [4.69, 9.17) is 4.74 Å². The summed E-state index contributed by atoms with van der Waals surface area (Å²) in [7, 11) is 0. The van der Waals surface area contributed by atoms with E-state index in [1.54, 1.807) is 6.07 Å². The van der Waals surface area contributed by atoms with Crippen molar-refractivity contribution in [3.05, 3.63) is 71.7 Å². The topological polar surface area (TPSA) is 22.1 Å². The molecule has 3 aromatic rings. The summed E-state index contributed by atoms with van der Waals surface area (Å²) in [6.07, 6.45) is 0. The van der Waals surface area contributed by atoms with Gasteiger partial charge in [0.05, 0.1) is 11.2 Å². The monoisotopic (exact) mass is 345 g/mol. The molecular formula is C17H13BrFNO. The molecule has 0 saturated carbocycles. The van der Waals surface area contributed by atoms with E-state index in [-0.39, 0.29) is 18.2 Å². The first kappa shape index (κ1) is 14.0. The van der Waals surface area contributed by atoms with Gasteiger partial charge in [-0.05, 0) is 29.8 Å². The Morgan fingerprint density at radius 3 is 2.71 bits per heavy atom. The lowest BCUT2D eigenvalue weighted by atomic mass is 10.2. The fraction of sp³-hybridized carbons (Fsp3) is 0.118. The van der Waals surface area contributed by atoms with Gasteiger partial charge in [0, 0.05) is 10.7 Å². The first-order chi connectivity index (χ1) is 10.3.